The van der Waals surface area contributed by atoms with Crippen LogP contribution >= 0.6 is 15.9 Å². The number of amides is 1. The van der Waals surface area contributed by atoms with Gasteiger partial charge in [0.05, 0.1) is 11.5 Å². The summed E-state index contributed by atoms with van der Waals surface area (Å²) in [7, 11) is -3.07. The molecule has 3 rings (SSSR count). The lowest BCUT2D eigenvalue weighted by atomic mass is 10.0. The van der Waals surface area contributed by atoms with Crippen molar-refractivity contribution < 1.29 is 13.2 Å². The topological polar surface area (TPSA) is 54.5 Å². The summed E-state index contributed by atoms with van der Waals surface area (Å²) in [6.07, 6.45) is 0.495. The highest BCUT2D eigenvalue weighted by atomic mass is 79.9. The number of carbonyl (C=O) groups excluding carboxylic acids is 1. The van der Waals surface area contributed by atoms with Gasteiger partial charge in [0.1, 0.15) is 0 Å². The van der Waals surface area contributed by atoms with E-state index in [1.165, 1.54) is 5.56 Å². The smallest absolute Gasteiger partial charge is 0.254 e. The lowest BCUT2D eigenvalue weighted by molar-refractivity contribution is 0.0681. The normalized spacial score (nSPS) is 18.6. The Morgan fingerprint density at radius 2 is 1.74 bits per heavy atom. The lowest BCUT2D eigenvalue weighted by Gasteiger charge is -2.29. The Morgan fingerprint density at radius 3 is 2.26 bits per heavy atom. The molecule has 4 nitrogen and oxygen atoms in total. The van der Waals surface area contributed by atoms with Gasteiger partial charge in [-0.1, -0.05) is 54.0 Å². The Kier molecular flexibility index (Phi) is 6.06. The maximum atomic E-state index is 13.1. The van der Waals surface area contributed by atoms with Crippen LogP contribution in [0.4, 0.5) is 0 Å². The van der Waals surface area contributed by atoms with Crippen LogP contribution in [0.1, 0.15) is 47.7 Å². The molecule has 144 valence electrons. The van der Waals surface area contributed by atoms with Crippen molar-refractivity contribution in [1.29, 1.82) is 0 Å². The number of carbonyl (C=O) groups is 1. The second-order valence-electron chi connectivity index (χ2n) is 7.39. The van der Waals surface area contributed by atoms with E-state index < -0.39 is 9.84 Å². The summed E-state index contributed by atoms with van der Waals surface area (Å²) in [4.78, 5) is 14.9. The van der Waals surface area contributed by atoms with Gasteiger partial charge >= 0.3 is 0 Å². The van der Waals surface area contributed by atoms with Crippen LogP contribution in [0.3, 0.4) is 0 Å². The van der Waals surface area contributed by atoms with Crippen LogP contribution in [0.15, 0.2) is 53.0 Å². The number of nitrogens with zero attached hydrogens (tertiary/aromatic N) is 1. The van der Waals surface area contributed by atoms with Crippen molar-refractivity contribution in [3.63, 3.8) is 0 Å². The Labute approximate surface area is 169 Å². The van der Waals surface area contributed by atoms with E-state index in [4.69, 9.17) is 0 Å². The van der Waals surface area contributed by atoms with E-state index in [0.717, 1.165) is 10.0 Å². The Morgan fingerprint density at radius 1 is 1.11 bits per heavy atom. The molecule has 0 radical (unpaired) electrons. The first-order valence-corrected chi connectivity index (χ1v) is 11.7. The maximum absolute atomic E-state index is 13.1. The number of sulfone groups is 1. The monoisotopic (exact) mass is 449 g/mol. The SMILES string of the molecule is CC(C)c1ccc(CN(C(=O)c2ccc(Br)cc2)[C@@H]2CCS(=O)(=O)C2)cc1. The minimum atomic E-state index is -3.07. The molecule has 0 spiro atoms. The van der Waals surface area contributed by atoms with Gasteiger partial charge < -0.3 is 4.90 Å². The summed E-state index contributed by atoms with van der Waals surface area (Å²) in [6.45, 7) is 4.69. The molecular weight excluding hydrogens is 426 g/mol. The van der Waals surface area contributed by atoms with Crippen molar-refractivity contribution >= 4 is 31.7 Å². The third kappa shape index (κ3) is 4.99. The summed E-state index contributed by atoms with van der Waals surface area (Å²) in [5.74, 6) is 0.505. The number of rotatable bonds is 5. The van der Waals surface area contributed by atoms with Crippen LogP contribution in [-0.2, 0) is 16.4 Å². The molecule has 1 amide bonds. The molecule has 0 aliphatic carbocycles. The average molecular weight is 450 g/mol. The molecule has 2 aromatic rings. The second kappa shape index (κ2) is 8.15. The van der Waals surface area contributed by atoms with Gasteiger partial charge in [0.2, 0.25) is 0 Å². The van der Waals surface area contributed by atoms with Crippen LogP contribution < -0.4 is 0 Å². The van der Waals surface area contributed by atoms with Gasteiger partial charge in [0.25, 0.3) is 5.91 Å². The molecule has 1 fully saturated rings. The molecule has 0 unspecified atom stereocenters. The minimum absolute atomic E-state index is 0.0410. The fourth-order valence-electron chi connectivity index (χ4n) is 3.35. The summed E-state index contributed by atoms with van der Waals surface area (Å²) in [5, 5.41) is 0. The van der Waals surface area contributed by atoms with Crippen LogP contribution in [0.5, 0.6) is 0 Å². The van der Waals surface area contributed by atoms with Gasteiger partial charge in [0.15, 0.2) is 9.84 Å². The van der Waals surface area contributed by atoms with E-state index in [0.29, 0.717) is 24.4 Å². The van der Waals surface area contributed by atoms with E-state index in [9.17, 15) is 13.2 Å². The quantitative estimate of drug-likeness (QED) is 0.679. The summed E-state index contributed by atoms with van der Waals surface area (Å²) in [5.41, 5.74) is 2.82. The van der Waals surface area contributed by atoms with Gasteiger partial charge in [-0.25, -0.2) is 8.42 Å². The Bertz CT molecular complexity index is 905. The summed E-state index contributed by atoms with van der Waals surface area (Å²) < 4.78 is 24.9. The first-order valence-electron chi connectivity index (χ1n) is 9.11. The molecule has 0 N–H and O–H groups in total. The van der Waals surface area contributed by atoms with Crippen LogP contribution in [0.2, 0.25) is 0 Å². The molecule has 27 heavy (non-hydrogen) atoms. The number of hydrogen-bond donors (Lipinski definition) is 0. The van der Waals surface area contributed by atoms with Crippen molar-refractivity contribution in [3.05, 3.63) is 69.7 Å². The number of hydrogen-bond acceptors (Lipinski definition) is 3. The largest absolute Gasteiger partial charge is 0.330 e. The molecule has 0 bridgehead atoms. The molecule has 6 heteroatoms. The fourth-order valence-corrected chi connectivity index (χ4v) is 5.35. The average Bonchev–Trinajstić information content (AvgIpc) is 2.99. The van der Waals surface area contributed by atoms with Gasteiger partial charge in [-0.05, 0) is 47.7 Å². The zero-order valence-corrected chi connectivity index (χ0v) is 18.0. The third-order valence-electron chi connectivity index (χ3n) is 5.00. The van der Waals surface area contributed by atoms with Crippen LogP contribution in [-0.4, -0.2) is 36.8 Å². The molecule has 1 aliphatic heterocycles. The molecule has 0 saturated carbocycles. The van der Waals surface area contributed by atoms with Crippen molar-refractivity contribution in [1.82, 2.24) is 4.90 Å². The summed E-state index contributed by atoms with van der Waals surface area (Å²) >= 11 is 3.38. The lowest BCUT2D eigenvalue weighted by Crippen LogP contribution is -2.40. The molecule has 1 heterocycles. The number of halogens is 1. The van der Waals surface area contributed by atoms with Gasteiger partial charge in [0, 0.05) is 22.6 Å². The molecule has 2 aromatic carbocycles. The molecular formula is C21H24BrNO3S. The highest BCUT2D eigenvalue weighted by Gasteiger charge is 2.35. The van der Waals surface area contributed by atoms with Crippen molar-refractivity contribution in [3.8, 4) is 0 Å². The predicted molar refractivity (Wildman–Crippen MR) is 112 cm³/mol. The van der Waals surface area contributed by atoms with Crippen LogP contribution in [0.25, 0.3) is 0 Å². The van der Waals surface area contributed by atoms with E-state index in [-0.39, 0.29) is 23.5 Å². The first-order chi connectivity index (χ1) is 12.7. The highest BCUT2D eigenvalue weighted by Crippen LogP contribution is 2.24. The van der Waals surface area contributed by atoms with Crippen molar-refractivity contribution in [2.45, 2.75) is 38.8 Å². The maximum Gasteiger partial charge on any atom is 0.254 e. The van der Waals surface area contributed by atoms with Crippen LogP contribution in [0, 0.1) is 0 Å². The highest BCUT2D eigenvalue weighted by molar-refractivity contribution is 9.10. The van der Waals surface area contributed by atoms with Gasteiger partial charge in [-0.2, -0.15) is 0 Å². The number of benzene rings is 2. The Balaban J connectivity index is 1.87. The predicted octanol–water partition coefficient (Wildman–Crippen LogP) is 4.40. The Hall–Kier alpha value is -1.66. The zero-order valence-electron chi connectivity index (χ0n) is 15.6. The second-order valence-corrected chi connectivity index (χ2v) is 10.5. The molecule has 0 aromatic heterocycles. The minimum Gasteiger partial charge on any atom is -0.330 e. The van der Waals surface area contributed by atoms with Crippen molar-refractivity contribution in [2.24, 2.45) is 0 Å². The van der Waals surface area contributed by atoms with Crippen molar-refractivity contribution in [2.75, 3.05) is 11.5 Å². The standard InChI is InChI=1S/C21H24BrNO3S/c1-15(2)17-5-3-16(4-6-17)13-23(20-11-12-27(25,26)14-20)21(24)18-7-9-19(22)10-8-18/h3-10,15,20H,11-14H2,1-2H3/t20-/m1/s1. The molecule has 1 aliphatic rings. The van der Waals surface area contributed by atoms with E-state index in [2.05, 4.69) is 41.9 Å². The summed E-state index contributed by atoms with van der Waals surface area (Å²) in [6, 6.07) is 15.1. The van der Waals surface area contributed by atoms with E-state index >= 15 is 0 Å². The van der Waals surface area contributed by atoms with Gasteiger partial charge in [-0.15, -0.1) is 0 Å². The van der Waals surface area contributed by atoms with E-state index in [1.54, 1.807) is 17.0 Å². The first kappa shape index (κ1) is 20.1. The van der Waals surface area contributed by atoms with E-state index in [1.807, 2.05) is 24.3 Å². The molecule has 1 saturated heterocycles. The fraction of sp³-hybridized carbons (Fsp3) is 0.381. The molecule has 1 atom stereocenters. The van der Waals surface area contributed by atoms with Gasteiger partial charge in [-0.3, -0.25) is 4.79 Å². The zero-order chi connectivity index (χ0) is 19.6. The third-order valence-corrected chi connectivity index (χ3v) is 7.28.